The van der Waals surface area contributed by atoms with Crippen molar-refractivity contribution >= 4 is 49.3 Å². The molecular formula is C35H44KN2O10S2+. The molecule has 0 aromatic heterocycles. The van der Waals surface area contributed by atoms with Gasteiger partial charge in [0.15, 0.2) is 5.71 Å². The van der Waals surface area contributed by atoms with Crippen LogP contribution in [0.1, 0.15) is 90.2 Å². The number of carbonyl (C=O) groups is 2. The van der Waals surface area contributed by atoms with Gasteiger partial charge in [-0.05, 0) is 81.5 Å². The number of fused-ring (bicyclic) bond motifs is 2. The summed E-state index contributed by atoms with van der Waals surface area (Å²) in [4.78, 5) is 23.6. The Morgan fingerprint density at radius 1 is 0.820 bits per heavy atom. The quantitative estimate of drug-likeness (QED) is 0.0988. The van der Waals surface area contributed by atoms with Crippen LogP contribution in [0.4, 0.5) is 11.4 Å². The largest absolute Gasteiger partial charge is 1.00 e. The van der Waals surface area contributed by atoms with Crippen LogP contribution in [0, 0.1) is 0 Å². The molecule has 12 nitrogen and oxygen atoms in total. The summed E-state index contributed by atoms with van der Waals surface area (Å²) >= 11 is 0. The predicted octanol–water partition coefficient (Wildman–Crippen LogP) is 2.75. The zero-order chi connectivity index (χ0) is 36.4. The van der Waals surface area contributed by atoms with Crippen LogP contribution >= 0.6 is 0 Å². The van der Waals surface area contributed by atoms with Crippen molar-refractivity contribution in [1.82, 2.24) is 0 Å². The fraction of sp³-hybridized carbons (Fsp3) is 0.457. The van der Waals surface area contributed by atoms with E-state index in [4.69, 9.17) is 10.2 Å². The number of hydrogen-bond acceptors (Lipinski definition) is 8. The Morgan fingerprint density at radius 3 is 1.98 bits per heavy atom. The predicted molar refractivity (Wildman–Crippen MR) is 183 cm³/mol. The van der Waals surface area contributed by atoms with Gasteiger partial charge in [0.2, 0.25) is 5.69 Å². The Balaban J connectivity index is 0.00000676. The van der Waals surface area contributed by atoms with Gasteiger partial charge in [-0.15, -0.1) is 0 Å². The second-order valence-electron chi connectivity index (χ2n) is 13.5. The van der Waals surface area contributed by atoms with E-state index in [1.807, 2.05) is 45.9 Å². The first-order valence-electron chi connectivity index (χ1n) is 16.2. The van der Waals surface area contributed by atoms with E-state index in [2.05, 4.69) is 9.48 Å². The minimum atomic E-state index is -4.69. The monoisotopic (exact) mass is 755 g/mol. The van der Waals surface area contributed by atoms with Crippen LogP contribution in [0.15, 0.2) is 70.1 Å². The summed E-state index contributed by atoms with van der Waals surface area (Å²) in [5, 5.41) is 18.1. The zero-order valence-corrected chi connectivity index (χ0v) is 33.9. The standard InChI is InChI=1S/C35H44N2O10S2.K/c1-34(2)26-22-24(48(42,43)44)16-18-28(26)36(20-9-5-7-14-32(38)39)30(34)12-11-13-31-35(3,4)27-23-25(49(45,46)47)17-19-29(27)37(31)21-10-6-8-15-33(40)41;/h11-13,16-19,22-23H,5-10,14-15,20-21H2,1-4H3,(H3-,38,39,40,41,42,43,44,45,46,47);/q;+1. The summed E-state index contributed by atoms with van der Waals surface area (Å²) in [6.07, 6.45) is 9.65. The van der Waals surface area contributed by atoms with Gasteiger partial charge in [-0.3, -0.25) is 14.1 Å². The van der Waals surface area contributed by atoms with Gasteiger partial charge in [-0.25, -0.2) is 8.42 Å². The van der Waals surface area contributed by atoms with E-state index < -0.39 is 43.0 Å². The van der Waals surface area contributed by atoms with Crippen molar-refractivity contribution in [1.29, 1.82) is 0 Å². The number of carboxylic acid groups (broad SMARTS) is 2. The van der Waals surface area contributed by atoms with E-state index in [-0.39, 0.29) is 74.0 Å². The topological polar surface area (TPSA) is 192 Å². The molecule has 0 spiro atoms. The van der Waals surface area contributed by atoms with Crippen LogP contribution < -0.4 is 56.3 Å². The van der Waals surface area contributed by atoms with Gasteiger partial charge in [0.25, 0.3) is 10.1 Å². The van der Waals surface area contributed by atoms with Crippen molar-refractivity contribution in [2.24, 2.45) is 0 Å². The molecule has 0 unspecified atom stereocenters. The van der Waals surface area contributed by atoms with Gasteiger partial charge in [-0.1, -0.05) is 26.3 Å². The molecule has 2 aromatic rings. The Labute approximate surface area is 336 Å². The van der Waals surface area contributed by atoms with E-state index in [0.717, 1.165) is 22.8 Å². The Kier molecular flexibility index (Phi) is 14.0. The number of anilines is 1. The average Bonchev–Trinajstić information content (AvgIpc) is 3.33. The van der Waals surface area contributed by atoms with Crippen LogP contribution in [0.3, 0.4) is 0 Å². The number of nitrogens with zero attached hydrogens (tertiary/aromatic N) is 2. The first kappa shape index (κ1) is 42.2. The third-order valence-corrected chi connectivity index (χ3v) is 11.0. The minimum Gasteiger partial charge on any atom is -0.744 e. The van der Waals surface area contributed by atoms with Crippen LogP contribution in [0.5, 0.6) is 0 Å². The molecule has 0 saturated carbocycles. The van der Waals surface area contributed by atoms with E-state index in [1.165, 1.54) is 24.3 Å². The Hall–Kier alpha value is -2.21. The molecule has 266 valence electrons. The molecule has 2 aromatic carbocycles. The van der Waals surface area contributed by atoms with Gasteiger partial charge in [-0.2, -0.15) is 13.0 Å². The van der Waals surface area contributed by atoms with Crippen molar-refractivity contribution in [2.75, 3.05) is 18.0 Å². The van der Waals surface area contributed by atoms with Crippen LogP contribution in [0.2, 0.25) is 0 Å². The number of benzene rings is 2. The summed E-state index contributed by atoms with van der Waals surface area (Å²) in [5.41, 5.74) is 3.26. The number of allylic oxidation sites excluding steroid dienone is 4. The Morgan fingerprint density at radius 2 is 1.40 bits per heavy atom. The molecule has 0 bridgehead atoms. The second-order valence-corrected chi connectivity index (χ2v) is 16.3. The molecule has 0 radical (unpaired) electrons. The normalized spacial score (nSPS) is 17.2. The molecule has 0 saturated heterocycles. The fourth-order valence-electron chi connectivity index (χ4n) is 6.78. The van der Waals surface area contributed by atoms with Crippen molar-refractivity contribution in [3.05, 3.63) is 71.5 Å². The molecular weight excluding hydrogens is 712 g/mol. The zero-order valence-electron chi connectivity index (χ0n) is 29.2. The number of carboxylic acids is 2. The molecule has 2 aliphatic rings. The fourth-order valence-corrected chi connectivity index (χ4v) is 7.79. The van der Waals surface area contributed by atoms with Gasteiger partial charge in [0, 0.05) is 60.3 Å². The van der Waals surface area contributed by atoms with Gasteiger partial charge < -0.3 is 19.7 Å². The average molecular weight is 756 g/mol. The van der Waals surface area contributed by atoms with Gasteiger partial charge in [0.1, 0.15) is 16.7 Å². The maximum atomic E-state index is 12.0. The van der Waals surface area contributed by atoms with Crippen molar-refractivity contribution in [2.45, 2.75) is 99.7 Å². The van der Waals surface area contributed by atoms with E-state index >= 15 is 0 Å². The molecule has 2 heterocycles. The van der Waals surface area contributed by atoms with Crippen LogP contribution in [-0.4, -0.2) is 71.5 Å². The summed E-state index contributed by atoms with van der Waals surface area (Å²) in [6.45, 7) is 8.89. The third-order valence-electron chi connectivity index (χ3n) is 9.37. The van der Waals surface area contributed by atoms with Gasteiger partial charge >= 0.3 is 63.3 Å². The summed E-state index contributed by atoms with van der Waals surface area (Å²) in [5.74, 6) is -1.71. The first-order valence-corrected chi connectivity index (χ1v) is 19.1. The summed E-state index contributed by atoms with van der Waals surface area (Å²) in [6, 6.07) is 8.86. The van der Waals surface area contributed by atoms with E-state index in [1.54, 1.807) is 12.1 Å². The molecule has 2 aliphatic heterocycles. The third kappa shape index (κ3) is 9.60. The summed E-state index contributed by atoms with van der Waals surface area (Å²) < 4.78 is 71.6. The second kappa shape index (κ2) is 16.6. The van der Waals surface area contributed by atoms with E-state index in [0.29, 0.717) is 62.7 Å². The molecule has 50 heavy (non-hydrogen) atoms. The van der Waals surface area contributed by atoms with Crippen LogP contribution in [-0.2, 0) is 40.7 Å². The smallest absolute Gasteiger partial charge is 0.744 e. The van der Waals surface area contributed by atoms with Crippen molar-refractivity contribution in [3.63, 3.8) is 0 Å². The molecule has 0 aliphatic carbocycles. The molecule has 0 fully saturated rings. The van der Waals surface area contributed by atoms with Crippen molar-refractivity contribution < 1.29 is 102 Å². The molecule has 0 atom stereocenters. The van der Waals surface area contributed by atoms with E-state index in [9.17, 15) is 35.5 Å². The SMILES string of the molecule is CC1(C)C(=CC=CC2=[N+](CCCCCC(=O)O)c3ccc(S(=O)(=O)[O-])cc3C2(C)C)N(CCCCCC(=O)O)c2ccc(S(=O)(=O)O)cc21.[K+]. The molecule has 15 heteroatoms. The Bertz CT molecular complexity index is 1950. The number of rotatable bonds is 16. The maximum absolute atomic E-state index is 12.0. The molecule has 3 N–H and O–H groups in total. The minimum absolute atomic E-state index is 0. The van der Waals surface area contributed by atoms with Gasteiger partial charge in [0.05, 0.1) is 15.2 Å². The maximum Gasteiger partial charge on any atom is 1.00 e. The summed E-state index contributed by atoms with van der Waals surface area (Å²) in [7, 11) is -9.14. The number of aliphatic carboxylic acids is 2. The first-order chi connectivity index (χ1) is 22.8. The van der Waals surface area contributed by atoms with Crippen molar-refractivity contribution in [3.8, 4) is 0 Å². The number of hydrogen-bond donors (Lipinski definition) is 3. The molecule has 4 rings (SSSR count). The van der Waals surface area contributed by atoms with Crippen LogP contribution in [0.25, 0.3) is 0 Å². The molecule has 0 amide bonds. The number of unbranched alkanes of at least 4 members (excludes halogenated alkanes) is 4.